The Labute approximate surface area is 141 Å². The third kappa shape index (κ3) is 3.22. The lowest BCUT2D eigenvalue weighted by Crippen LogP contribution is -2.29. The zero-order valence-electron chi connectivity index (χ0n) is 15.3. The van der Waals surface area contributed by atoms with E-state index in [0.717, 1.165) is 5.56 Å². The van der Waals surface area contributed by atoms with Crippen LogP contribution in [0.4, 0.5) is 8.78 Å². The van der Waals surface area contributed by atoms with Gasteiger partial charge in [-0.25, -0.2) is 8.78 Å². The normalized spacial score (nSPS) is 12.6. The van der Waals surface area contributed by atoms with Gasteiger partial charge in [0.15, 0.2) is 0 Å². The van der Waals surface area contributed by atoms with E-state index >= 15 is 0 Å². The van der Waals surface area contributed by atoms with Crippen molar-refractivity contribution in [3.8, 4) is 0 Å². The van der Waals surface area contributed by atoms with Crippen molar-refractivity contribution in [1.29, 1.82) is 0 Å². The summed E-state index contributed by atoms with van der Waals surface area (Å²) in [5.41, 5.74) is 1.29. The summed E-state index contributed by atoms with van der Waals surface area (Å²) in [7, 11) is 5.52. The van der Waals surface area contributed by atoms with Gasteiger partial charge in [0, 0.05) is 36.5 Å². The van der Waals surface area contributed by atoms with E-state index < -0.39 is 5.92 Å². The molecule has 1 heterocycles. The van der Waals surface area contributed by atoms with Crippen molar-refractivity contribution in [2.45, 2.75) is 45.6 Å². The Kier molecular flexibility index (Phi) is 5.14. The first-order valence-electron chi connectivity index (χ1n) is 8.28. The maximum absolute atomic E-state index is 14.8. The molecule has 0 aliphatic rings. The average Bonchev–Trinajstić information content (AvgIpc) is 2.49. The second-order valence-corrected chi connectivity index (χ2v) is 6.95. The zero-order chi connectivity index (χ0) is 18.2. The summed E-state index contributed by atoms with van der Waals surface area (Å²) >= 11 is 0. The van der Waals surface area contributed by atoms with Gasteiger partial charge in [0.05, 0.1) is 5.52 Å². The van der Waals surface area contributed by atoms with E-state index in [2.05, 4.69) is 0 Å². The summed E-state index contributed by atoms with van der Waals surface area (Å²) in [6.45, 7) is 5.70. The minimum absolute atomic E-state index is 0.0984. The number of rotatable bonds is 5. The van der Waals surface area contributed by atoms with Crippen LogP contribution in [0.1, 0.15) is 49.8 Å². The van der Waals surface area contributed by atoms with E-state index in [0.29, 0.717) is 17.4 Å². The molecular weight excluding hydrogens is 310 g/mol. The Morgan fingerprint density at radius 2 is 1.88 bits per heavy atom. The van der Waals surface area contributed by atoms with E-state index in [1.807, 2.05) is 25.1 Å². The van der Waals surface area contributed by atoms with E-state index in [1.165, 1.54) is 11.5 Å². The smallest absolute Gasteiger partial charge is 0.274 e. The van der Waals surface area contributed by atoms with Gasteiger partial charge in [-0.1, -0.05) is 26.8 Å². The highest BCUT2D eigenvalue weighted by atomic mass is 19.3. The molecule has 5 heteroatoms. The number of nitrogens with zero attached hydrogens (tertiary/aromatic N) is 2. The zero-order valence-corrected chi connectivity index (χ0v) is 15.3. The van der Waals surface area contributed by atoms with Gasteiger partial charge in [-0.05, 0) is 37.7 Å². The molecule has 0 N–H and O–H groups in total. The number of aryl methyl sites for hydroxylation is 1. The average molecular weight is 336 g/mol. The topological polar surface area (TPSA) is 25.2 Å². The van der Waals surface area contributed by atoms with Crippen molar-refractivity contribution >= 4 is 10.9 Å². The molecule has 0 unspecified atom stereocenters. The maximum Gasteiger partial charge on any atom is 0.274 e. The van der Waals surface area contributed by atoms with E-state index in [9.17, 15) is 13.6 Å². The molecular formula is C19H26F2N2O. The SMILES string of the molecule is CCC(F)(F)c1c(C(C)C)c(=O)n(C)c2ccc(CN(C)C)cc12. The predicted molar refractivity (Wildman–Crippen MR) is 94.9 cm³/mol. The van der Waals surface area contributed by atoms with Crippen LogP contribution >= 0.6 is 0 Å². The van der Waals surface area contributed by atoms with Crippen molar-refractivity contribution < 1.29 is 8.78 Å². The molecule has 0 spiro atoms. The quantitative estimate of drug-likeness (QED) is 0.816. The first-order chi connectivity index (χ1) is 11.1. The number of fused-ring (bicyclic) bond motifs is 1. The molecule has 1 aromatic heterocycles. The number of hydrogen-bond acceptors (Lipinski definition) is 2. The number of halogens is 2. The van der Waals surface area contributed by atoms with Gasteiger partial charge in [0.1, 0.15) is 0 Å². The van der Waals surface area contributed by atoms with Crippen LogP contribution in [0.25, 0.3) is 10.9 Å². The molecule has 2 rings (SSSR count). The van der Waals surface area contributed by atoms with Crippen LogP contribution in [0.5, 0.6) is 0 Å². The number of hydrogen-bond donors (Lipinski definition) is 0. The third-order valence-corrected chi connectivity index (χ3v) is 4.38. The van der Waals surface area contributed by atoms with Crippen molar-refractivity contribution in [3.63, 3.8) is 0 Å². The monoisotopic (exact) mass is 336 g/mol. The molecule has 0 atom stereocenters. The Morgan fingerprint density at radius 1 is 1.25 bits per heavy atom. The van der Waals surface area contributed by atoms with E-state index in [4.69, 9.17) is 0 Å². The van der Waals surface area contributed by atoms with Crippen LogP contribution < -0.4 is 5.56 Å². The van der Waals surface area contributed by atoms with Crippen LogP contribution in [-0.2, 0) is 19.5 Å². The minimum Gasteiger partial charge on any atom is -0.311 e. The molecule has 3 nitrogen and oxygen atoms in total. The highest BCUT2D eigenvalue weighted by molar-refractivity contribution is 5.85. The molecule has 24 heavy (non-hydrogen) atoms. The highest BCUT2D eigenvalue weighted by Gasteiger charge is 2.36. The van der Waals surface area contributed by atoms with Gasteiger partial charge >= 0.3 is 0 Å². The Balaban J connectivity index is 2.96. The summed E-state index contributed by atoms with van der Waals surface area (Å²) in [6.07, 6.45) is -0.326. The molecule has 132 valence electrons. The molecule has 0 fully saturated rings. The largest absolute Gasteiger partial charge is 0.311 e. The number of benzene rings is 1. The fourth-order valence-corrected chi connectivity index (χ4v) is 3.19. The first-order valence-corrected chi connectivity index (χ1v) is 8.28. The lowest BCUT2D eigenvalue weighted by atomic mass is 9.89. The maximum atomic E-state index is 14.8. The van der Waals surface area contributed by atoms with E-state index in [-0.39, 0.29) is 29.0 Å². The number of alkyl halides is 2. The van der Waals surface area contributed by atoms with Gasteiger partial charge in [0.25, 0.3) is 11.5 Å². The van der Waals surface area contributed by atoms with Crippen LogP contribution in [0.15, 0.2) is 23.0 Å². The predicted octanol–water partition coefficient (Wildman–Crippen LogP) is 4.23. The van der Waals surface area contributed by atoms with Gasteiger partial charge in [-0.3, -0.25) is 4.79 Å². The summed E-state index contributed by atoms with van der Waals surface area (Å²) in [6, 6.07) is 5.47. The summed E-state index contributed by atoms with van der Waals surface area (Å²) in [5.74, 6) is -3.29. The third-order valence-electron chi connectivity index (χ3n) is 4.38. The summed E-state index contributed by atoms with van der Waals surface area (Å²) in [4.78, 5) is 14.7. The van der Waals surface area contributed by atoms with Crippen molar-refractivity contribution in [2.24, 2.45) is 7.05 Å². The van der Waals surface area contributed by atoms with Crippen LogP contribution in [0.3, 0.4) is 0 Å². The molecule has 0 aliphatic heterocycles. The molecule has 0 aliphatic carbocycles. The van der Waals surface area contributed by atoms with Gasteiger partial charge in [-0.15, -0.1) is 0 Å². The van der Waals surface area contributed by atoms with Crippen molar-refractivity contribution in [2.75, 3.05) is 14.1 Å². The second kappa shape index (κ2) is 6.63. The van der Waals surface area contributed by atoms with Gasteiger partial charge in [0.2, 0.25) is 0 Å². The number of pyridine rings is 1. The lowest BCUT2D eigenvalue weighted by molar-refractivity contribution is -0.00801. The molecule has 0 saturated heterocycles. The minimum atomic E-state index is -3.03. The second-order valence-electron chi connectivity index (χ2n) is 6.95. The molecule has 0 saturated carbocycles. The molecule has 1 aromatic carbocycles. The van der Waals surface area contributed by atoms with Gasteiger partial charge < -0.3 is 9.47 Å². The Hall–Kier alpha value is -1.75. The first kappa shape index (κ1) is 18.6. The van der Waals surface area contributed by atoms with Gasteiger partial charge in [-0.2, -0.15) is 0 Å². The molecule has 0 radical (unpaired) electrons. The number of aromatic nitrogens is 1. The Morgan fingerprint density at radius 3 is 2.38 bits per heavy atom. The standard InChI is InChI=1S/C19H26F2N2O/c1-7-19(20,21)17-14-10-13(11-22(4)5)8-9-15(14)23(6)18(24)16(17)12(2)3/h8-10,12H,7,11H2,1-6H3. The van der Waals surface area contributed by atoms with Crippen molar-refractivity contribution in [3.05, 3.63) is 45.2 Å². The summed E-state index contributed by atoms with van der Waals surface area (Å²) in [5, 5.41) is 0.479. The van der Waals surface area contributed by atoms with Crippen molar-refractivity contribution in [1.82, 2.24) is 9.47 Å². The molecule has 0 bridgehead atoms. The van der Waals surface area contributed by atoms with Crippen LogP contribution in [0, 0.1) is 0 Å². The van der Waals surface area contributed by atoms with Crippen LogP contribution in [0.2, 0.25) is 0 Å². The molecule has 2 aromatic rings. The molecule has 0 amide bonds. The fourth-order valence-electron chi connectivity index (χ4n) is 3.19. The Bertz CT molecular complexity index is 807. The fraction of sp³-hybridized carbons (Fsp3) is 0.526. The van der Waals surface area contributed by atoms with E-state index in [1.54, 1.807) is 33.0 Å². The lowest BCUT2D eigenvalue weighted by Gasteiger charge is -2.24. The summed E-state index contributed by atoms with van der Waals surface area (Å²) < 4.78 is 31.1. The highest BCUT2D eigenvalue weighted by Crippen LogP contribution is 2.39. The van der Waals surface area contributed by atoms with Crippen LogP contribution in [-0.4, -0.2) is 23.6 Å².